The second-order valence-corrected chi connectivity index (χ2v) is 9.59. The predicted octanol–water partition coefficient (Wildman–Crippen LogP) is 0.158. The van der Waals surface area contributed by atoms with Gasteiger partial charge >= 0.3 is 30.2 Å². The Morgan fingerprint density at radius 3 is 2.12 bits per heavy atom. The van der Waals surface area contributed by atoms with Crippen LogP contribution in [0, 0.1) is 0 Å². The maximum absolute atomic E-state index is 5.54. The molecule has 0 amide bonds. The summed E-state index contributed by atoms with van der Waals surface area (Å²) in [4.78, 5) is 0. The fraction of sp³-hybridized carbons (Fsp3) is 0.400. The van der Waals surface area contributed by atoms with Gasteiger partial charge in [0, 0.05) is 6.61 Å². The Balaban J connectivity index is -0.000000289. The van der Waals surface area contributed by atoms with Crippen molar-refractivity contribution in [1.82, 2.24) is 0 Å². The molecule has 90 valence electrons. The van der Waals surface area contributed by atoms with Gasteiger partial charge < -0.3 is 6.16 Å². The maximum atomic E-state index is 5.54. The molecule has 0 N–H and O–H groups in total. The maximum Gasteiger partial charge on any atom is 1.00 e. The largest absolute Gasteiger partial charge is 1.00 e. The van der Waals surface area contributed by atoms with Gasteiger partial charge in [0.05, 0.1) is 6.10 Å². The van der Waals surface area contributed by atoms with Gasteiger partial charge in [-0.3, -0.25) is 0 Å². The van der Waals surface area contributed by atoms with Crippen molar-refractivity contribution in [2.24, 2.45) is 0 Å². The fourth-order valence-electron chi connectivity index (χ4n) is 1.51. The van der Waals surface area contributed by atoms with Crippen LogP contribution in [-0.4, -0.2) is 35.4 Å². The van der Waals surface area contributed by atoms with Crippen molar-refractivity contribution >= 4 is 58.9 Å². The number of rotatable bonds is 1. The minimum Gasteiger partial charge on any atom is -1.00 e. The Labute approximate surface area is 144 Å². The monoisotopic (exact) mass is 318 g/mol. The third kappa shape index (κ3) is 10.2. The minimum atomic E-state index is -1.72. The molecule has 1 atom stereocenters. The Hall–Kier alpha value is 1.71. The second kappa shape index (κ2) is 12.7. The van der Waals surface area contributed by atoms with Gasteiger partial charge in [0.15, 0.2) is 17.4 Å². The summed E-state index contributed by atoms with van der Waals surface area (Å²) >= 11 is -1.72. The van der Waals surface area contributed by atoms with Crippen molar-refractivity contribution in [1.29, 1.82) is 0 Å². The van der Waals surface area contributed by atoms with Crippen molar-refractivity contribution in [3.05, 3.63) is 35.9 Å². The molecule has 17 heavy (non-hydrogen) atoms. The summed E-state index contributed by atoms with van der Waals surface area (Å²) in [7, 11) is 14.8. The van der Waals surface area contributed by atoms with Crippen LogP contribution in [0.15, 0.2) is 30.3 Å². The zero-order chi connectivity index (χ0) is 11.1. The summed E-state index contributed by atoms with van der Waals surface area (Å²) < 4.78 is 5.54. The van der Waals surface area contributed by atoms with Crippen molar-refractivity contribution in [2.45, 2.75) is 18.9 Å². The normalized spacial score (nSPS) is 17.0. The van der Waals surface area contributed by atoms with E-state index in [4.69, 9.17) is 34.9 Å². The number of benzene rings is 1. The topological polar surface area (TPSA) is 9.23 Å². The van der Waals surface area contributed by atoms with E-state index in [0.29, 0.717) is 6.10 Å². The van der Waals surface area contributed by atoms with Crippen molar-refractivity contribution in [3.8, 4) is 0 Å². The van der Waals surface area contributed by atoms with E-state index in [0.717, 1.165) is 6.61 Å². The summed E-state index contributed by atoms with van der Waals surface area (Å²) in [5.41, 5.74) is 1.32. The first-order valence-corrected chi connectivity index (χ1v) is 10.0. The zero-order valence-electron chi connectivity index (χ0n) is 10.2. The van der Waals surface area contributed by atoms with E-state index in [9.17, 15) is 0 Å². The van der Waals surface area contributed by atoms with Crippen LogP contribution >= 0.6 is 30.1 Å². The molecule has 1 fully saturated rings. The number of hydrogen-bond donors (Lipinski definition) is 0. The van der Waals surface area contributed by atoms with Crippen LogP contribution in [0.2, 0.25) is 0 Å². The Bertz CT molecular complexity index is 274. The standard InChI is InChI=1S/C10H12O.2Al.3ClH.Li.4H/c1-2-5-9(6-3-1)10-7-4-8-11-10;;;;;;;;;;/h1-3,5-6,10H,4,7-8H2;;;3*1H;;;;;/q;;+3;;;;+1;;;;-1/p-3. The molecule has 1 aromatic rings. The summed E-state index contributed by atoms with van der Waals surface area (Å²) in [6.45, 7) is 0.930. The van der Waals surface area contributed by atoms with E-state index in [-0.39, 0.29) is 37.6 Å². The first-order valence-electron chi connectivity index (χ1n) is 4.79. The SMILES string of the molecule is [AlH3].[Cl][Al]([Cl])[Cl].[H-].[Li+].c1ccc(C2CCCO2)cc1. The van der Waals surface area contributed by atoms with Gasteiger partial charge in [0.1, 0.15) is 0 Å². The molecule has 7 heteroatoms. The molecule has 0 saturated carbocycles. The molecule has 1 unspecified atom stereocenters. The molecular formula is C10H16Al2Cl3LiO. The summed E-state index contributed by atoms with van der Waals surface area (Å²) in [5.74, 6) is 0. The number of halogens is 3. The van der Waals surface area contributed by atoms with Crippen LogP contribution in [0.4, 0.5) is 0 Å². The van der Waals surface area contributed by atoms with Gasteiger partial charge in [-0.05, 0) is 18.4 Å². The van der Waals surface area contributed by atoms with Gasteiger partial charge in [0.25, 0.3) is 0 Å². The van der Waals surface area contributed by atoms with Crippen LogP contribution in [-0.2, 0) is 4.74 Å². The molecule has 0 spiro atoms. The molecule has 0 aromatic heterocycles. The van der Waals surface area contributed by atoms with Crippen molar-refractivity contribution in [3.63, 3.8) is 0 Å². The van der Waals surface area contributed by atoms with Gasteiger partial charge in [-0.25, -0.2) is 30.1 Å². The molecule has 0 bridgehead atoms. The molecule has 0 aliphatic carbocycles. The number of hydrogen-bond acceptors (Lipinski definition) is 1. The zero-order valence-corrected chi connectivity index (χ0v) is 12.6. The number of ether oxygens (including phenoxy) is 1. The average molecular weight is 320 g/mol. The van der Waals surface area contributed by atoms with Crippen LogP contribution in [0.5, 0.6) is 0 Å². The predicted molar refractivity (Wildman–Crippen MR) is 78.7 cm³/mol. The first kappa shape index (κ1) is 21.0. The summed E-state index contributed by atoms with van der Waals surface area (Å²) in [6, 6.07) is 10.4. The van der Waals surface area contributed by atoms with E-state index in [1.807, 2.05) is 6.07 Å². The molecule has 0 radical (unpaired) electrons. The van der Waals surface area contributed by atoms with Gasteiger partial charge in [-0.15, -0.1) is 0 Å². The van der Waals surface area contributed by atoms with E-state index in [1.165, 1.54) is 18.4 Å². The Morgan fingerprint density at radius 1 is 1.18 bits per heavy atom. The van der Waals surface area contributed by atoms with E-state index in [1.54, 1.807) is 0 Å². The molecule has 1 aliphatic rings. The third-order valence-corrected chi connectivity index (χ3v) is 2.10. The van der Waals surface area contributed by atoms with Crippen LogP contribution in [0.1, 0.15) is 25.9 Å². The smallest absolute Gasteiger partial charge is 1.00 e. The summed E-state index contributed by atoms with van der Waals surface area (Å²) in [6.07, 6.45) is 2.76. The second-order valence-electron chi connectivity index (χ2n) is 3.16. The van der Waals surface area contributed by atoms with E-state index < -0.39 is 11.4 Å². The van der Waals surface area contributed by atoms with Crippen LogP contribution < -0.4 is 18.9 Å². The van der Waals surface area contributed by atoms with Crippen LogP contribution in [0.3, 0.4) is 0 Å². The minimum absolute atomic E-state index is 0. The van der Waals surface area contributed by atoms with Gasteiger partial charge in [-0.1, -0.05) is 30.3 Å². The molecular weight excluding hydrogens is 303 g/mol. The molecule has 1 saturated heterocycles. The third-order valence-electron chi connectivity index (χ3n) is 2.10. The van der Waals surface area contributed by atoms with Gasteiger partial charge in [-0.2, -0.15) is 0 Å². The fourth-order valence-corrected chi connectivity index (χ4v) is 1.51. The average Bonchev–Trinajstić information content (AvgIpc) is 2.71. The molecule has 1 heterocycles. The molecule has 2 rings (SSSR count). The van der Waals surface area contributed by atoms with Crippen molar-refractivity contribution < 1.29 is 25.0 Å². The summed E-state index contributed by atoms with van der Waals surface area (Å²) in [5, 5.41) is 0. The van der Waals surface area contributed by atoms with Crippen LogP contribution in [0.25, 0.3) is 0 Å². The van der Waals surface area contributed by atoms with E-state index in [2.05, 4.69) is 24.3 Å². The Kier molecular flexibility index (Phi) is 15.7. The Morgan fingerprint density at radius 2 is 1.71 bits per heavy atom. The van der Waals surface area contributed by atoms with Crippen molar-refractivity contribution in [2.75, 3.05) is 6.61 Å². The molecule has 1 aromatic carbocycles. The van der Waals surface area contributed by atoms with E-state index >= 15 is 0 Å². The quantitative estimate of drug-likeness (QED) is 0.670. The first-order chi connectivity index (χ1) is 7.20. The molecule has 1 nitrogen and oxygen atoms in total. The van der Waals surface area contributed by atoms with Gasteiger partial charge in [0.2, 0.25) is 0 Å². The molecule has 1 aliphatic heterocycles.